The fourth-order valence-corrected chi connectivity index (χ4v) is 1.25. The van der Waals surface area contributed by atoms with E-state index in [1.165, 1.54) is 12.8 Å². The summed E-state index contributed by atoms with van der Waals surface area (Å²) in [6, 6.07) is 0. The van der Waals surface area contributed by atoms with Gasteiger partial charge in [0.1, 0.15) is 11.2 Å². The van der Waals surface area contributed by atoms with Gasteiger partial charge >= 0.3 is 0 Å². The molecule has 2 N–H and O–H groups in total. The maximum absolute atomic E-state index is 9.89. The van der Waals surface area contributed by atoms with Crippen molar-refractivity contribution in [2.75, 3.05) is 0 Å². The van der Waals surface area contributed by atoms with E-state index in [4.69, 9.17) is 0 Å². The van der Waals surface area contributed by atoms with E-state index in [0.717, 1.165) is 12.8 Å². The van der Waals surface area contributed by atoms with Crippen molar-refractivity contribution in [3.05, 3.63) is 0 Å². The lowest BCUT2D eigenvalue weighted by molar-refractivity contribution is 0.105. The second kappa shape index (κ2) is 6.15. The fraction of sp³-hybridized carbons (Fsp3) is 0.846. The molecular weight excluding hydrogens is 188 g/mol. The maximum atomic E-state index is 9.89. The Hall–Kier alpha value is -0.520. The second-order valence-electron chi connectivity index (χ2n) is 4.89. The number of rotatable bonds is 5. The van der Waals surface area contributed by atoms with Crippen LogP contribution in [0.1, 0.15) is 59.8 Å². The molecule has 0 aromatic heterocycles. The van der Waals surface area contributed by atoms with Gasteiger partial charge in [-0.2, -0.15) is 0 Å². The molecule has 2 heteroatoms. The van der Waals surface area contributed by atoms with Gasteiger partial charge in [0.25, 0.3) is 0 Å². The average molecular weight is 212 g/mol. The van der Waals surface area contributed by atoms with Crippen LogP contribution in [0.25, 0.3) is 0 Å². The molecule has 15 heavy (non-hydrogen) atoms. The molecule has 1 unspecified atom stereocenters. The van der Waals surface area contributed by atoms with Crippen LogP contribution in [-0.2, 0) is 0 Å². The predicted molar refractivity (Wildman–Crippen MR) is 63.5 cm³/mol. The summed E-state index contributed by atoms with van der Waals surface area (Å²) >= 11 is 0. The van der Waals surface area contributed by atoms with Crippen LogP contribution in [0.3, 0.4) is 0 Å². The SMILES string of the molecule is CCCCCCC(C)(O)C#CC(C)(C)O. The summed E-state index contributed by atoms with van der Waals surface area (Å²) in [5.41, 5.74) is -1.98. The minimum absolute atomic E-state index is 0.677. The van der Waals surface area contributed by atoms with Gasteiger partial charge in [0.15, 0.2) is 0 Å². The Morgan fingerprint density at radius 2 is 1.53 bits per heavy atom. The molecule has 1 atom stereocenters. The van der Waals surface area contributed by atoms with Crippen molar-refractivity contribution < 1.29 is 10.2 Å². The minimum Gasteiger partial charge on any atom is -0.378 e. The van der Waals surface area contributed by atoms with Crippen molar-refractivity contribution in [2.45, 2.75) is 71.0 Å². The van der Waals surface area contributed by atoms with Gasteiger partial charge in [0.2, 0.25) is 0 Å². The Balaban J connectivity index is 4.00. The van der Waals surface area contributed by atoms with E-state index in [1.54, 1.807) is 20.8 Å². The van der Waals surface area contributed by atoms with Gasteiger partial charge in [-0.15, -0.1) is 0 Å². The molecule has 0 bridgehead atoms. The van der Waals surface area contributed by atoms with Crippen LogP contribution < -0.4 is 0 Å². The molecule has 0 saturated carbocycles. The lowest BCUT2D eigenvalue weighted by Gasteiger charge is -2.17. The van der Waals surface area contributed by atoms with Crippen LogP contribution in [0.5, 0.6) is 0 Å². The first-order valence-corrected chi connectivity index (χ1v) is 5.76. The molecule has 0 amide bonds. The largest absolute Gasteiger partial charge is 0.378 e. The van der Waals surface area contributed by atoms with Crippen molar-refractivity contribution in [3.63, 3.8) is 0 Å². The van der Waals surface area contributed by atoms with Crippen molar-refractivity contribution in [3.8, 4) is 11.8 Å². The van der Waals surface area contributed by atoms with E-state index < -0.39 is 11.2 Å². The highest BCUT2D eigenvalue weighted by molar-refractivity contribution is 5.17. The maximum Gasteiger partial charge on any atom is 0.122 e. The highest BCUT2D eigenvalue weighted by Gasteiger charge is 2.17. The Kier molecular flexibility index (Phi) is 5.93. The lowest BCUT2D eigenvalue weighted by atomic mass is 9.97. The standard InChI is InChI=1S/C13H24O2/c1-5-6-7-8-9-13(4,15)11-10-12(2,3)14/h14-15H,5-9H2,1-4H3. The molecule has 0 aliphatic rings. The van der Waals surface area contributed by atoms with Gasteiger partial charge in [0, 0.05) is 0 Å². The highest BCUT2D eigenvalue weighted by atomic mass is 16.3. The number of unbranched alkanes of at least 4 members (excludes halogenated alkanes) is 3. The van der Waals surface area contributed by atoms with Crippen molar-refractivity contribution >= 4 is 0 Å². The van der Waals surface area contributed by atoms with Gasteiger partial charge < -0.3 is 10.2 Å². The van der Waals surface area contributed by atoms with Crippen molar-refractivity contribution in [1.82, 2.24) is 0 Å². The zero-order valence-electron chi connectivity index (χ0n) is 10.4. The molecule has 0 radical (unpaired) electrons. The van der Waals surface area contributed by atoms with E-state index in [2.05, 4.69) is 18.8 Å². The van der Waals surface area contributed by atoms with Crippen LogP contribution in [0.15, 0.2) is 0 Å². The molecule has 0 aliphatic carbocycles. The zero-order chi connectivity index (χ0) is 11.9. The summed E-state index contributed by atoms with van der Waals surface area (Å²) < 4.78 is 0. The monoisotopic (exact) mass is 212 g/mol. The fourth-order valence-electron chi connectivity index (χ4n) is 1.25. The molecule has 0 fully saturated rings. The summed E-state index contributed by atoms with van der Waals surface area (Å²) in [5, 5.41) is 19.3. The highest BCUT2D eigenvalue weighted by Crippen LogP contribution is 2.14. The third kappa shape index (κ3) is 9.78. The van der Waals surface area contributed by atoms with E-state index in [9.17, 15) is 10.2 Å². The molecule has 2 nitrogen and oxygen atoms in total. The molecule has 0 rings (SSSR count). The molecular formula is C13H24O2. The van der Waals surface area contributed by atoms with Crippen LogP contribution in [0, 0.1) is 11.8 Å². The summed E-state index contributed by atoms with van der Waals surface area (Å²) in [7, 11) is 0. The summed E-state index contributed by atoms with van der Waals surface area (Å²) in [5.74, 6) is 5.39. The summed E-state index contributed by atoms with van der Waals surface area (Å²) in [4.78, 5) is 0. The van der Waals surface area contributed by atoms with Gasteiger partial charge in [-0.3, -0.25) is 0 Å². The minimum atomic E-state index is -1.02. The third-order valence-corrected chi connectivity index (χ3v) is 2.15. The zero-order valence-corrected chi connectivity index (χ0v) is 10.4. The van der Waals surface area contributed by atoms with Gasteiger partial charge in [-0.05, 0) is 33.6 Å². The smallest absolute Gasteiger partial charge is 0.122 e. The molecule has 0 aromatic rings. The van der Waals surface area contributed by atoms with E-state index in [0.29, 0.717) is 6.42 Å². The Morgan fingerprint density at radius 3 is 2.00 bits per heavy atom. The quantitative estimate of drug-likeness (QED) is 0.543. The van der Waals surface area contributed by atoms with Gasteiger partial charge in [-0.25, -0.2) is 0 Å². The first-order chi connectivity index (χ1) is 6.77. The van der Waals surface area contributed by atoms with Crippen LogP contribution >= 0.6 is 0 Å². The van der Waals surface area contributed by atoms with Crippen molar-refractivity contribution in [1.29, 1.82) is 0 Å². The summed E-state index contributed by atoms with van der Waals surface area (Å²) in [6.07, 6.45) is 5.20. The third-order valence-electron chi connectivity index (χ3n) is 2.15. The van der Waals surface area contributed by atoms with Gasteiger partial charge in [0.05, 0.1) is 0 Å². The normalized spacial score (nSPS) is 15.3. The molecule has 0 saturated heterocycles. The van der Waals surface area contributed by atoms with Gasteiger partial charge in [-0.1, -0.05) is 38.0 Å². The Morgan fingerprint density at radius 1 is 0.933 bits per heavy atom. The average Bonchev–Trinajstić information content (AvgIpc) is 2.09. The van der Waals surface area contributed by atoms with E-state index in [-0.39, 0.29) is 0 Å². The van der Waals surface area contributed by atoms with Crippen LogP contribution in [-0.4, -0.2) is 21.4 Å². The topological polar surface area (TPSA) is 40.5 Å². The van der Waals surface area contributed by atoms with Crippen molar-refractivity contribution in [2.24, 2.45) is 0 Å². The van der Waals surface area contributed by atoms with Crippen LogP contribution in [0.4, 0.5) is 0 Å². The lowest BCUT2D eigenvalue weighted by Crippen LogP contribution is -2.24. The Labute approximate surface area is 93.7 Å². The molecule has 0 aliphatic heterocycles. The predicted octanol–water partition coefficient (Wildman–Crippen LogP) is 2.48. The molecule has 88 valence electrons. The Bertz CT molecular complexity index is 225. The molecule has 0 aromatic carbocycles. The molecule has 0 heterocycles. The van der Waals surface area contributed by atoms with E-state index in [1.807, 2.05) is 0 Å². The van der Waals surface area contributed by atoms with Crippen LogP contribution in [0.2, 0.25) is 0 Å². The first kappa shape index (κ1) is 14.5. The first-order valence-electron chi connectivity index (χ1n) is 5.76. The number of aliphatic hydroxyl groups is 2. The molecule has 0 spiro atoms. The number of hydrogen-bond donors (Lipinski definition) is 2. The number of hydrogen-bond acceptors (Lipinski definition) is 2. The van der Waals surface area contributed by atoms with E-state index >= 15 is 0 Å². The summed E-state index contributed by atoms with van der Waals surface area (Å²) in [6.45, 7) is 7.10. The second-order valence-corrected chi connectivity index (χ2v) is 4.89.